The molecular formula is C16H23N5S. The first-order valence-electron chi connectivity index (χ1n) is 7.86. The Hall–Kier alpha value is -1.50. The van der Waals surface area contributed by atoms with Crippen LogP contribution in [0.2, 0.25) is 0 Å². The van der Waals surface area contributed by atoms with Crippen LogP contribution >= 0.6 is 12.2 Å². The van der Waals surface area contributed by atoms with E-state index in [-0.39, 0.29) is 0 Å². The lowest BCUT2D eigenvalue weighted by atomic mass is 10.2. The third-order valence-corrected chi connectivity index (χ3v) is 4.37. The number of aromatic amines is 1. The largest absolute Gasteiger partial charge is 0.369 e. The first kappa shape index (κ1) is 15.4. The average Bonchev–Trinajstić information content (AvgIpc) is 2.53. The van der Waals surface area contributed by atoms with Gasteiger partial charge in [-0.2, -0.15) is 0 Å². The van der Waals surface area contributed by atoms with E-state index in [9.17, 15) is 0 Å². The number of rotatable bonds is 5. The molecule has 0 aliphatic carbocycles. The van der Waals surface area contributed by atoms with Crippen molar-refractivity contribution in [2.45, 2.75) is 6.42 Å². The van der Waals surface area contributed by atoms with Crippen LogP contribution in [0.5, 0.6) is 0 Å². The van der Waals surface area contributed by atoms with Crippen molar-refractivity contribution in [3.63, 3.8) is 0 Å². The van der Waals surface area contributed by atoms with Crippen LogP contribution in [0.1, 0.15) is 6.42 Å². The number of nitrogens with zero attached hydrogens (tertiary/aromatic N) is 3. The molecule has 1 aromatic heterocycles. The highest BCUT2D eigenvalue weighted by molar-refractivity contribution is 7.71. The van der Waals surface area contributed by atoms with Gasteiger partial charge in [-0.1, -0.05) is 12.1 Å². The second-order valence-electron chi connectivity index (χ2n) is 5.86. The number of nitrogens with one attached hydrogen (secondary N) is 2. The zero-order chi connectivity index (χ0) is 15.4. The summed E-state index contributed by atoms with van der Waals surface area (Å²) in [6.07, 6.45) is 1.12. The number of para-hydroxylation sites is 1. The van der Waals surface area contributed by atoms with Crippen LogP contribution in [-0.2, 0) is 0 Å². The summed E-state index contributed by atoms with van der Waals surface area (Å²) in [4.78, 5) is 12.5. The van der Waals surface area contributed by atoms with E-state index < -0.39 is 0 Å². The third kappa shape index (κ3) is 3.82. The Morgan fingerprint density at radius 1 is 1.23 bits per heavy atom. The fourth-order valence-electron chi connectivity index (χ4n) is 2.82. The monoisotopic (exact) mass is 317 g/mol. The molecule has 1 aliphatic rings. The van der Waals surface area contributed by atoms with Gasteiger partial charge >= 0.3 is 0 Å². The molecule has 1 fully saturated rings. The first-order chi connectivity index (χ1) is 10.7. The molecule has 0 radical (unpaired) electrons. The number of anilines is 1. The van der Waals surface area contributed by atoms with Gasteiger partial charge in [-0.25, -0.2) is 4.98 Å². The van der Waals surface area contributed by atoms with Crippen LogP contribution in [0.4, 0.5) is 5.82 Å². The molecule has 1 aromatic carbocycles. The van der Waals surface area contributed by atoms with Crippen LogP contribution in [-0.4, -0.2) is 66.1 Å². The second-order valence-corrected chi connectivity index (χ2v) is 6.25. The predicted molar refractivity (Wildman–Crippen MR) is 94.0 cm³/mol. The summed E-state index contributed by atoms with van der Waals surface area (Å²) >= 11 is 5.20. The maximum Gasteiger partial charge on any atom is 0.199 e. The Labute approximate surface area is 136 Å². The van der Waals surface area contributed by atoms with E-state index in [0.29, 0.717) is 4.77 Å². The predicted octanol–water partition coefficient (Wildman–Crippen LogP) is 2.34. The summed E-state index contributed by atoms with van der Waals surface area (Å²) in [6.45, 7) is 6.75. The molecule has 0 unspecified atom stereocenters. The highest BCUT2D eigenvalue weighted by Gasteiger charge is 2.12. The van der Waals surface area contributed by atoms with Crippen molar-refractivity contribution in [1.29, 1.82) is 0 Å². The number of H-pyrrole nitrogens is 1. The highest BCUT2D eigenvalue weighted by Crippen LogP contribution is 2.18. The van der Waals surface area contributed by atoms with Crippen LogP contribution in [0.15, 0.2) is 24.3 Å². The molecule has 2 N–H and O–H groups in total. The van der Waals surface area contributed by atoms with E-state index in [0.717, 1.165) is 36.2 Å². The average molecular weight is 317 g/mol. The van der Waals surface area contributed by atoms with Gasteiger partial charge in [0.1, 0.15) is 5.82 Å². The van der Waals surface area contributed by atoms with Crippen LogP contribution in [0, 0.1) is 4.77 Å². The summed E-state index contributed by atoms with van der Waals surface area (Å²) in [5, 5.41) is 4.54. The Balaban J connectivity index is 1.55. The van der Waals surface area contributed by atoms with E-state index in [1.807, 2.05) is 18.2 Å². The lowest BCUT2D eigenvalue weighted by molar-refractivity contribution is 0.154. The molecule has 5 nitrogen and oxygen atoms in total. The van der Waals surface area contributed by atoms with Crippen molar-refractivity contribution in [2.24, 2.45) is 0 Å². The molecule has 0 spiro atoms. The lowest BCUT2D eigenvalue weighted by Gasteiger charge is -2.32. The maximum atomic E-state index is 5.20. The summed E-state index contributed by atoms with van der Waals surface area (Å²) in [5.41, 5.74) is 1.03. The summed E-state index contributed by atoms with van der Waals surface area (Å²) < 4.78 is 0.528. The van der Waals surface area contributed by atoms with E-state index in [1.165, 1.54) is 26.2 Å². The van der Waals surface area contributed by atoms with Gasteiger partial charge in [0.05, 0.1) is 5.52 Å². The molecule has 1 saturated heterocycles. The highest BCUT2D eigenvalue weighted by atomic mass is 32.1. The molecule has 0 bridgehead atoms. The van der Waals surface area contributed by atoms with Crippen molar-refractivity contribution in [3.8, 4) is 0 Å². The molecule has 2 aromatic rings. The van der Waals surface area contributed by atoms with Gasteiger partial charge in [-0.3, -0.25) is 0 Å². The first-order valence-corrected chi connectivity index (χ1v) is 8.27. The van der Waals surface area contributed by atoms with E-state index in [4.69, 9.17) is 12.2 Å². The molecule has 1 aliphatic heterocycles. The van der Waals surface area contributed by atoms with Crippen LogP contribution < -0.4 is 5.32 Å². The molecule has 0 saturated carbocycles. The Morgan fingerprint density at radius 3 is 2.82 bits per heavy atom. The van der Waals surface area contributed by atoms with Gasteiger partial charge in [0.15, 0.2) is 4.77 Å². The van der Waals surface area contributed by atoms with Gasteiger partial charge < -0.3 is 20.1 Å². The van der Waals surface area contributed by atoms with Gasteiger partial charge in [0.25, 0.3) is 0 Å². The van der Waals surface area contributed by atoms with E-state index in [1.54, 1.807) is 0 Å². The molecule has 0 atom stereocenters. The zero-order valence-electron chi connectivity index (χ0n) is 13.0. The zero-order valence-corrected chi connectivity index (χ0v) is 13.8. The molecular weight excluding hydrogens is 294 g/mol. The van der Waals surface area contributed by atoms with Crippen LogP contribution in [0.25, 0.3) is 10.9 Å². The number of aromatic nitrogens is 2. The fraction of sp³-hybridized carbons (Fsp3) is 0.500. The molecule has 22 heavy (non-hydrogen) atoms. The number of benzene rings is 1. The molecule has 0 amide bonds. The second kappa shape index (κ2) is 7.17. The third-order valence-electron chi connectivity index (χ3n) is 4.18. The maximum absolute atomic E-state index is 5.20. The van der Waals surface area contributed by atoms with Gasteiger partial charge in [-0.05, 0) is 44.4 Å². The molecule has 2 heterocycles. The quantitative estimate of drug-likeness (QED) is 0.655. The standard InChI is InChI=1S/C16H23N5S/c1-20-9-11-21(12-10-20)8-4-7-17-15-13-5-2-3-6-14(13)18-16(22)19-15/h2-3,5-6H,4,7-12H2,1H3,(H2,17,18,19,22). The van der Waals surface area contributed by atoms with Gasteiger partial charge in [-0.15, -0.1) is 0 Å². The van der Waals surface area contributed by atoms with Crippen molar-refractivity contribution < 1.29 is 0 Å². The number of likely N-dealkylation sites (N-methyl/N-ethyl adjacent to an activating group) is 1. The Morgan fingerprint density at radius 2 is 2.00 bits per heavy atom. The Kier molecular flexibility index (Phi) is 5.02. The van der Waals surface area contributed by atoms with Crippen LogP contribution in [0.3, 0.4) is 0 Å². The van der Waals surface area contributed by atoms with Gasteiger partial charge in [0, 0.05) is 38.1 Å². The van der Waals surface area contributed by atoms with Crippen molar-refractivity contribution >= 4 is 28.9 Å². The summed E-state index contributed by atoms with van der Waals surface area (Å²) in [5.74, 6) is 0.887. The molecule has 6 heteroatoms. The minimum absolute atomic E-state index is 0.528. The molecule has 118 valence electrons. The number of piperazine rings is 1. The SMILES string of the molecule is CN1CCN(CCCNc2nc(=S)[nH]c3ccccc23)CC1. The summed E-state index contributed by atoms with van der Waals surface area (Å²) in [7, 11) is 2.19. The topological polar surface area (TPSA) is 47.2 Å². The van der Waals surface area contributed by atoms with Crippen molar-refractivity contribution in [1.82, 2.24) is 19.8 Å². The Bertz CT molecular complexity index is 676. The van der Waals surface area contributed by atoms with Crippen molar-refractivity contribution in [3.05, 3.63) is 29.0 Å². The number of hydrogen-bond donors (Lipinski definition) is 2. The smallest absolute Gasteiger partial charge is 0.199 e. The van der Waals surface area contributed by atoms with Crippen molar-refractivity contribution in [2.75, 3.05) is 51.6 Å². The number of hydrogen-bond acceptors (Lipinski definition) is 5. The van der Waals surface area contributed by atoms with E-state index >= 15 is 0 Å². The fourth-order valence-corrected chi connectivity index (χ4v) is 3.02. The normalized spacial score (nSPS) is 17.0. The minimum Gasteiger partial charge on any atom is -0.369 e. The number of fused-ring (bicyclic) bond motifs is 1. The lowest BCUT2D eigenvalue weighted by Crippen LogP contribution is -2.44. The summed E-state index contributed by atoms with van der Waals surface area (Å²) in [6, 6.07) is 8.12. The van der Waals surface area contributed by atoms with E-state index in [2.05, 4.69) is 38.2 Å². The minimum atomic E-state index is 0.528. The molecule has 3 rings (SSSR count). The van der Waals surface area contributed by atoms with Gasteiger partial charge in [0.2, 0.25) is 0 Å².